The lowest BCUT2D eigenvalue weighted by Crippen LogP contribution is -2.23. The van der Waals surface area contributed by atoms with Crippen LogP contribution in [0.25, 0.3) is 11.0 Å². The minimum absolute atomic E-state index is 0.0114. The molecule has 3 aromatic rings. The van der Waals surface area contributed by atoms with Gasteiger partial charge in [-0.1, -0.05) is 10.3 Å². The highest BCUT2D eigenvalue weighted by molar-refractivity contribution is 8.05. The lowest BCUT2D eigenvalue weighted by Gasteiger charge is -2.13. The van der Waals surface area contributed by atoms with Gasteiger partial charge in [0.05, 0.1) is 15.9 Å². The first kappa shape index (κ1) is 23.5. The molecular weight excluding hydrogens is 483 g/mol. The van der Waals surface area contributed by atoms with Crippen LogP contribution in [0, 0.1) is 10.1 Å². The fourth-order valence-electron chi connectivity index (χ4n) is 3.20. The zero-order valence-electron chi connectivity index (χ0n) is 17.6. The average molecular weight is 499 g/mol. The van der Waals surface area contributed by atoms with E-state index < -0.39 is 43.5 Å². The lowest BCUT2D eigenvalue weighted by atomic mass is 10.1. The molecule has 2 aromatic carbocycles. The van der Waals surface area contributed by atoms with Crippen molar-refractivity contribution in [2.45, 2.75) is 37.8 Å². The summed E-state index contributed by atoms with van der Waals surface area (Å²) in [6.07, 6.45) is -4.50. The van der Waals surface area contributed by atoms with E-state index in [1.54, 1.807) is 13.8 Å². The fraction of sp³-hybridized carbons (Fsp3) is 0.300. The first-order valence-electron chi connectivity index (χ1n) is 9.65. The number of hydrogen-bond acceptors (Lipinski definition) is 9. The van der Waals surface area contributed by atoms with Gasteiger partial charge in [-0.2, -0.15) is 13.2 Å². The highest BCUT2D eigenvalue weighted by Crippen LogP contribution is 2.38. The molecule has 0 fully saturated rings. The molecule has 0 bridgehead atoms. The van der Waals surface area contributed by atoms with Crippen LogP contribution in [0.15, 0.2) is 46.1 Å². The van der Waals surface area contributed by atoms with Crippen LogP contribution >= 0.6 is 0 Å². The molecule has 0 N–H and O–H groups in total. The number of alkyl halides is 3. The Hall–Kier alpha value is -3.68. The minimum atomic E-state index is -4.55. The molecule has 1 aromatic heterocycles. The Morgan fingerprint density at radius 3 is 2.44 bits per heavy atom. The molecule has 0 amide bonds. The molecule has 0 atom stereocenters. The molecule has 0 saturated heterocycles. The molecule has 1 aliphatic rings. The van der Waals surface area contributed by atoms with Gasteiger partial charge in [0.2, 0.25) is 15.6 Å². The van der Waals surface area contributed by atoms with Crippen LogP contribution in [0.4, 0.5) is 18.9 Å². The SMILES string of the molecule is CC1(C)CC(S(=O)(=O)Cc2noc3cc(Oc4ccc(C(F)(F)F)cc4)c([N+](=O)[O-])cc23)=NO1. The van der Waals surface area contributed by atoms with Crippen LogP contribution in [0.3, 0.4) is 0 Å². The van der Waals surface area contributed by atoms with Gasteiger partial charge in [0.15, 0.2) is 10.6 Å². The third kappa shape index (κ3) is 4.66. The number of nitrogens with zero attached hydrogens (tertiary/aromatic N) is 3. The summed E-state index contributed by atoms with van der Waals surface area (Å²) in [4.78, 5) is 15.9. The van der Waals surface area contributed by atoms with Crippen LogP contribution in [-0.2, 0) is 26.6 Å². The van der Waals surface area contributed by atoms with Gasteiger partial charge in [0, 0.05) is 18.6 Å². The summed E-state index contributed by atoms with van der Waals surface area (Å²) in [6.45, 7) is 3.35. The summed E-state index contributed by atoms with van der Waals surface area (Å²) in [7, 11) is -3.94. The molecule has 0 spiro atoms. The number of nitro groups is 1. The number of ether oxygens (including phenoxy) is 1. The Labute approximate surface area is 190 Å². The molecular formula is C20H16F3N3O7S. The molecule has 2 heterocycles. The van der Waals surface area contributed by atoms with Crippen molar-refractivity contribution in [3.05, 3.63) is 57.8 Å². The van der Waals surface area contributed by atoms with Crippen molar-refractivity contribution in [3.8, 4) is 11.5 Å². The Bertz CT molecular complexity index is 1410. The van der Waals surface area contributed by atoms with E-state index in [0.717, 1.165) is 36.4 Å². The maximum absolute atomic E-state index is 12.7. The van der Waals surface area contributed by atoms with Crippen molar-refractivity contribution in [1.29, 1.82) is 0 Å². The Morgan fingerprint density at radius 2 is 1.88 bits per heavy atom. The summed E-state index contributed by atoms with van der Waals surface area (Å²) in [5.74, 6) is -1.04. The van der Waals surface area contributed by atoms with E-state index in [1.165, 1.54) is 0 Å². The molecule has 10 nitrogen and oxygen atoms in total. The zero-order valence-corrected chi connectivity index (χ0v) is 18.4. The van der Waals surface area contributed by atoms with Crippen molar-refractivity contribution in [1.82, 2.24) is 5.16 Å². The molecule has 0 radical (unpaired) electrons. The van der Waals surface area contributed by atoms with Gasteiger partial charge in [-0.15, -0.1) is 0 Å². The zero-order chi connectivity index (χ0) is 24.9. The monoisotopic (exact) mass is 499 g/mol. The number of benzene rings is 2. The smallest absolute Gasteiger partial charge is 0.416 e. The number of hydrogen-bond donors (Lipinski definition) is 0. The van der Waals surface area contributed by atoms with Crippen LogP contribution in [0.1, 0.15) is 31.5 Å². The first-order chi connectivity index (χ1) is 15.7. The maximum Gasteiger partial charge on any atom is 0.416 e. The second-order valence-electron chi connectivity index (χ2n) is 8.10. The van der Waals surface area contributed by atoms with Gasteiger partial charge in [-0.3, -0.25) is 10.1 Å². The maximum atomic E-state index is 12.7. The van der Waals surface area contributed by atoms with Crippen LogP contribution < -0.4 is 4.74 Å². The molecule has 0 aliphatic carbocycles. The Kier molecular flexibility index (Phi) is 5.50. The number of aromatic nitrogens is 1. The van der Waals surface area contributed by atoms with Crippen LogP contribution in [-0.4, -0.2) is 29.1 Å². The predicted octanol–water partition coefficient (Wildman–Crippen LogP) is 4.97. The van der Waals surface area contributed by atoms with E-state index in [4.69, 9.17) is 14.1 Å². The van der Waals surface area contributed by atoms with Crippen molar-refractivity contribution in [3.63, 3.8) is 0 Å². The van der Waals surface area contributed by atoms with Gasteiger partial charge >= 0.3 is 11.9 Å². The molecule has 4 rings (SSSR count). The van der Waals surface area contributed by atoms with Crippen LogP contribution in [0.2, 0.25) is 0 Å². The summed E-state index contributed by atoms with van der Waals surface area (Å²) < 4.78 is 74.2. The van der Waals surface area contributed by atoms with Gasteiger partial charge in [0.25, 0.3) is 0 Å². The highest BCUT2D eigenvalue weighted by Gasteiger charge is 2.37. The Morgan fingerprint density at radius 1 is 1.21 bits per heavy atom. The predicted molar refractivity (Wildman–Crippen MR) is 112 cm³/mol. The second-order valence-corrected chi connectivity index (χ2v) is 10.1. The van der Waals surface area contributed by atoms with Crippen molar-refractivity contribution in [2.24, 2.45) is 5.16 Å². The number of fused-ring (bicyclic) bond motifs is 1. The van der Waals surface area contributed by atoms with E-state index >= 15 is 0 Å². The van der Waals surface area contributed by atoms with Crippen LogP contribution in [0.5, 0.6) is 11.5 Å². The summed E-state index contributed by atoms with van der Waals surface area (Å²) in [5.41, 5.74) is -2.34. The number of oxime groups is 1. The minimum Gasteiger partial charge on any atom is -0.450 e. The van der Waals surface area contributed by atoms with E-state index in [2.05, 4.69) is 10.3 Å². The molecule has 0 unspecified atom stereocenters. The summed E-state index contributed by atoms with van der Waals surface area (Å²) in [5, 5.41) is 18.8. The molecule has 34 heavy (non-hydrogen) atoms. The lowest BCUT2D eigenvalue weighted by molar-refractivity contribution is -0.385. The standard InChI is InChI=1S/C20H16F3N3O7S/c1-19(2)9-18(25-33-19)34(29,30)10-14-13-7-15(26(27)28)17(8-16(13)32-24-14)31-12-5-3-11(4-6-12)20(21,22)23/h3-8H,9-10H2,1-2H3. The van der Waals surface area contributed by atoms with Gasteiger partial charge in [-0.25, -0.2) is 8.42 Å². The topological polar surface area (TPSA) is 134 Å². The normalized spacial score (nSPS) is 15.7. The second kappa shape index (κ2) is 7.97. The van der Waals surface area contributed by atoms with Crippen molar-refractivity contribution < 1.29 is 40.6 Å². The average Bonchev–Trinajstić information content (AvgIpc) is 3.29. The third-order valence-corrected chi connectivity index (χ3v) is 6.48. The molecule has 1 aliphatic heterocycles. The molecule has 14 heteroatoms. The highest BCUT2D eigenvalue weighted by atomic mass is 32.2. The molecule has 180 valence electrons. The van der Waals surface area contributed by atoms with E-state index in [-0.39, 0.29) is 39.6 Å². The van der Waals surface area contributed by atoms with Gasteiger partial charge < -0.3 is 14.1 Å². The van der Waals surface area contributed by atoms with E-state index in [1.807, 2.05) is 0 Å². The quantitative estimate of drug-likeness (QED) is 0.355. The largest absolute Gasteiger partial charge is 0.450 e. The number of sulfone groups is 1. The summed E-state index contributed by atoms with van der Waals surface area (Å²) >= 11 is 0. The van der Waals surface area contributed by atoms with Crippen molar-refractivity contribution in [2.75, 3.05) is 0 Å². The Balaban J connectivity index is 1.65. The fourth-order valence-corrected chi connectivity index (χ4v) is 4.66. The van der Waals surface area contributed by atoms with E-state index in [9.17, 15) is 31.7 Å². The third-order valence-electron chi connectivity index (χ3n) is 4.89. The van der Waals surface area contributed by atoms with Gasteiger partial charge in [0.1, 0.15) is 22.8 Å². The number of nitro benzene ring substituents is 1. The van der Waals surface area contributed by atoms with Gasteiger partial charge in [-0.05, 0) is 38.1 Å². The number of halogens is 3. The van der Waals surface area contributed by atoms with Crippen molar-refractivity contribution >= 4 is 31.5 Å². The summed E-state index contributed by atoms with van der Waals surface area (Å²) in [6, 6.07) is 5.73. The van der Waals surface area contributed by atoms with E-state index in [0.29, 0.717) is 0 Å². The number of rotatable bonds is 5. The first-order valence-corrected chi connectivity index (χ1v) is 11.3. The molecule has 0 saturated carbocycles.